The zero-order valence-electron chi connectivity index (χ0n) is 12.5. The van der Waals surface area contributed by atoms with Gasteiger partial charge in [0, 0.05) is 12.1 Å². The van der Waals surface area contributed by atoms with E-state index < -0.39 is 0 Å². The Morgan fingerprint density at radius 1 is 1.47 bits per heavy atom. The van der Waals surface area contributed by atoms with Gasteiger partial charge in [0.2, 0.25) is 0 Å². The van der Waals surface area contributed by atoms with Crippen LogP contribution in [0.25, 0.3) is 0 Å². The van der Waals surface area contributed by atoms with E-state index in [9.17, 15) is 0 Å². The Balaban J connectivity index is 2.13. The lowest BCUT2D eigenvalue weighted by Gasteiger charge is -2.40. The normalized spacial score (nSPS) is 27.4. The van der Waals surface area contributed by atoms with Gasteiger partial charge in [-0.05, 0) is 44.4 Å². The average Bonchev–Trinajstić information content (AvgIpc) is 2.92. The molecule has 1 aromatic rings. The van der Waals surface area contributed by atoms with Gasteiger partial charge < -0.3 is 10.2 Å². The van der Waals surface area contributed by atoms with Crippen molar-refractivity contribution in [2.45, 2.75) is 64.1 Å². The summed E-state index contributed by atoms with van der Waals surface area (Å²) >= 11 is 0. The first-order valence-electron chi connectivity index (χ1n) is 7.64. The Morgan fingerprint density at radius 2 is 2.26 bits per heavy atom. The van der Waals surface area contributed by atoms with Crippen LogP contribution < -0.4 is 5.73 Å². The van der Waals surface area contributed by atoms with Crippen molar-refractivity contribution in [3.05, 3.63) is 24.2 Å². The van der Waals surface area contributed by atoms with Crippen molar-refractivity contribution in [3.63, 3.8) is 0 Å². The lowest BCUT2D eigenvalue weighted by Crippen LogP contribution is -2.45. The van der Waals surface area contributed by atoms with Crippen LogP contribution in [0, 0.1) is 5.92 Å². The molecule has 0 amide bonds. The molecule has 0 saturated heterocycles. The summed E-state index contributed by atoms with van der Waals surface area (Å²) in [6.07, 6.45) is 8.00. The number of nitrogens with zero attached hydrogens (tertiary/aromatic N) is 1. The summed E-state index contributed by atoms with van der Waals surface area (Å²) < 4.78 is 5.64. The van der Waals surface area contributed by atoms with Crippen molar-refractivity contribution in [3.8, 4) is 0 Å². The van der Waals surface area contributed by atoms with Gasteiger partial charge in [0.1, 0.15) is 5.76 Å². The molecule has 0 spiro atoms. The van der Waals surface area contributed by atoms with E-state index in [-0.39, 0.29) is 12.1 Å². The van der Waals surface area contributed by atoms with Crippen LogP contribution in [0.5, 0.6) is 0 Å². The molecule has 1 fully saturated rings. The minimum Gasteiger partial charge on any atom is -0.468 e. The van der Waals surface area contributed by atoms with Gasteiger partial charge in [0.05, 0.1) is 12.3 Å². The molecule has 1 saturated carbocycles. The third kappa shape index (κ3) is 3.40. The lowest BCUT2D eigenvalue weighted by molar-refractivity contribution is 0.0897. The molecule has 4 atom stereocenters. The number of hydrogen-bond donors (Lipinski definition) is 1. The second-order valence-corrected chi connectivity index (χ2v) is 6.12. The molecule has 1 heterocycles. The van der Waals surface area contributed by atoms with Crippen molar-refractivity contribution in [1.29, 1.82) is 0 Å². The van der Waals surface area contributed by atoms with Crippen molar-refractivity contribution in [2.75, 3.05) is 7.05 Å². The molecule has 3 heteroatoms. The van der Waals surface area contributed by atoms with Gasteiger partial charge in [-0.1, -0.05) is 26.7 Å². The predicted octanol–water partition coefficient (Wildman–Crippen LogP) is 3.57. The molecule has 1 aliphatic carbocycles. The zero-order valence-corrected chi connectivity index (χ0v) is 12.5. The van der Waals surface area contributed by atoms with Gasteiger partial charge in [0.25, 0.3) is 0 Å². The quantitative estimate of drug-likeness (QED) is 0.884. The average molecular weight is 264 g/mol. The van der Waals surface area contributed by atoms with E-state index in [1.54, 1.807) is 6.26 Å². The van der Waals surface area contributed by atoms with Crippen LogP contribution in [0.4, 0.5) is 0 Å². The van der Waals surface area contributed by atoms with Gasteiger partial charge in [-0.2, -0.15) is 0 Å². The molecule has 0 radical (unpaired) electrons. The summed E-state index contributed by atoms with van der Waals surface area (Å²) in [5.74, 6) is 1.84. The van der Waals surface area contributed by atoms with Crippen LogP contribution in [0.1, 0.15) is 57.8 Å². The second kappa shape index (κ2) is 6.58. The van der Waals surface area contributed by atoms with E-state index in [0.717, 1.165) is 18.1 Å². The van der Waals surface area contributed by atoms with Gasteiger partial charge in [-0.25, -0.2) is 0 Å². The van der Waals surface area contributed by atoms with E-state index in [1.807, 2.05) is 6.07 Å². The molecule has 2 N–H and O–H groups in total. The molecule has 0 aliphatic heterocycles. The number of rotatable bonds is 5. The number of hydrogen-bond acceptors (Lipinski definition) is 3. The highest BCUT2D eigenvalue weighted by molar-refractivity contribution is 5.08. The number of likely N-dealkylation sites (N-methyl/N-ethyl adjacent to an activating group) is 1. The van der Waals surface area contributed by atoms with Crippen LogP contribution >= 0.6 is 0 Å². The van der Waals surface area contributed by atoms with Crippen molar-refractivity contribution < 1.29 is 4.42 Å². The predicted molar refractivity (Wildman–Crippen MR) is 78.9 cm³/mol. The topological polar surface area (TPSA) is 42.4 Å². The van der Waals surface area contributed by atoms with Crippen LogP contribution in [0.3, 0.4) is 0 Å². The standard InChI is InChI=1S/C16H28N2O/c1-4-14(17)16(15-9-6-10-19-15)18(3)13-8-5-7-12(2)11-13/h6,9-10,12-14,16H,4-5,7-8,11,17H2,1-3H3. The minimum atomic E-state index is 0.133. The van der Waals surface area contributed by atoms with Crippen molar-refractivity contribution >= 4 is 0 Å². The molecule has 3 nitrogen and oxygen atoms in total. The van der Waals surface area contributed by atoms with Gasteiger partial charge in [-0.3, -0.25) is 4.90 Å². The van der Waals surface area contributed by atoms with E-state index in [2.05, 4.69) is 31.9 Å². The number of nitrogens with two attached hydrogens (primary N) is 1. The molecule has 0 bridgehead atoms. The van der Waals surface area contributed by atoms with Crippen molar-refractivity contribution in [2.24, 2.45) is 11.7 Å². The Kier molecular flexibility index (Phi) is 5.06. The summed E-state index contributed by atoms with van der Waals surface area (Å²) in [6.45, 7) is 4.51. The summed E-state index contributed by atoms with van der Waals surface area (Å²) in [4.78, 5) is 2.46. The molecule has 4 unspecified atom stereocenters. The zero-order chi connectivity index (χ0) is 13.8. The van der Waals surface area contributed by atoms with E-state index in [4.69, 9.17) is 10.2 Å². The molecular formula is C16H28N2O. The first kappa shape index (κ1) is 14.6. The highest BCUT2D eigenvalue weighted by Crippen LogP contribution is 2.33. The Bertz CT molecular complexity index is 363. The maximum absolute atomic E-state index is 6.35. The Hall–Kier alpha value is -0.800. The van der Waals surface area contributed by atoms with Gasteiger partial charge in [0.15, 0.2) is 0 Å². The Labute approximate surface area is 117 Å². The monoisotopic (exact) mass is 264 g/mol. The maximum atomic E-state index is 6.35. The summed E-state index contributed by atoms with van der Waals surface area (Å²) in [7, 11) is 2.21. The lowest BCUT2D eigenvalue weighted by atomic mass is 9.85. The molecule has 2 rings (SSSR count). The summed E-state index contributed by atoms with van der Waals surface area (Å²) in [6, 6.07) is 4.99. The Morgan fingerprint density at radius 3 is 2.84 bits per heavy atom. The fourth-order valence-corrected chi connectivity index (χ4v) is 3.40. The largest absolute Gasteiger partial charge is 0.468 e. The number of furan rings is 1. The van der Waals surface area contributed by atoms with Crippen LogP contribution in [0.2, 0.25) is 0 Å². The van der Waals surface area contributed by atoms with Crippen LogP contribution in [0.15, 0.2) is 22.8 Å². The second-order valence-electron chi connectivity index (χ2n) is 6.12. The molecule has 108 valence electrons. The molecule has 19 heavy (non-hydrogen) atoms. The molecular weight excluding hydrogens is 236 g/mol. The summed E-state index contributed by atoms with van der Waals surface area (Å²) in [5, 5.41) is 0. The molecule has 1 aliphatic rings. The highest BCUT2D eigenvalue weighted by Gasteiger charge is 2.32. The first-order valence-corrected chi connectivity index (χ1v) is 7.64. The molecule has 1 aromatic heterocycles. The molecule has 0 aromatic carbocycles. The van der Waals surface area contributed by atoms with Gasteiger partial charge in [-0.15, -0.1) is 0 Å². The van der Waals surface area contributed by atoms with Gasteiger partial charge >= 0.3 is 0 Å². The summed E-state index contributed by atoms with van der Waals surface area (Å²) in [5.41, 5.74) is 6.35. The van der Waals surface area contributed by atoms with Crippen molar-refractivity contribution in [1.82, 2.24) is 4.90 Å². The fraction of sp³-hybridized carbons (Fsp3) is 0.750. The van der Waals surface area contributed by atoms with Crippen LogP contribution in [-0.2, 0) is 0 Å². The third-order valence-electron chi connectivity index (χ3n) is 4.64. The van der Waals surface area contributed by atoms with Crippen LogP contribution in [-0.4, -0.2) is 24.0 Å². The van der Waals surface area contributed by atoms with E-state index in [1.165, 1.54) is 25.7 Å². The first-order chi connectivity index (χ1) is 9.13. The van der Waals surface area contributed by atoms with E-state index in [0.29, 0.717) is 6.04 Å². The fourth-order valence-electron chi connectivity index (χ4n) is 3.40. The third-order valence-corrected chi connectivity index (χ3v) is 4.64. The highest BCUT2D eigenvalue weighted by atomic mass is 16.3. The SMILES string of the molecule is CCC(N)C(c1ccco1)N(C)C1CCCC(C)C1. The minimum absolute atomic E-state index is 0.133. The smallest absolute Gasteiger partial charge is 0.122 e. The maximum Gasteiger partial charge on any atom is 0.122 e. The van der Waals surface area contributed by atoms with E-state index >= 15 is 0 Å².